The molecule has 1 heterocycles. The largest absolute Gasteiger partial charge is 0.494 e. The lowest BCUT2D eigenvalue weighted by Gasteiger charge is -2.53. The molecule has 2 aliphatic rings. The van der Waals surface area contributed by atoms with Crippen molar-refractivity contribution < 1.29 is 44.3 Å². The van der Waals surface area contributed by atoms with Crippen LogP contribution in [0.4, 0.5) is 0 Å². The molecule has 2 fully saturated rings. The van der Waals surface area contributed by atoms with Crippen LogP contribution in [0, 0.1) is 5.92 Å². The summed E-state index contributed by atoms with van der Waals surface area (Å²) < 4.78 is 22.8. The zero-order valence-corrected chi connectivity index (χ0v) is 17.2. The van der Waals surface area contributed by atoms with Gasteiger partial charge in [0.2, 0.25) is 6.29 Å². The smallest absolute Gasteiger partial charge is 0.493 e. The van der Waals surface area contributed by atoms with Crippen LogP contribution >= 0.6 is 0 Å². The summed E-state index contributed by atoms with van der Waals surface area (Å²) in [5, 5.41) is 49.7. The van der Waals surface area contributed by atoms with Gasteiger partial charge in [-0.3, -0.25) is 0 Å². The Morgan fingerprint density at radius 1 is 1.10 bits per heavy atom. The van der Waals surface area contributed by atoms with Gasteiger partial charge < -0.3 is 44.3 Å². The lowest BCUT2D eigenvalue weighted by atomic mass is 9.64. The standard InChI is InChI=1S/C19H29BO9/c1-17(2)18(3,4)29-20(28-17)10-6-7-12(13(8-10)26-5)27-16(24)19(25)11(9-21)14(22)15(19)23/h6-8,11,14-16,21-25H,9H2,1-5H3. The summed E-state index contributed by atoms with van der Waals surface area (Å²) in [5.74, 6) is -0.809. The molecule has 0 aromatic heterocycles. The molecule has 0 spiro atoms. The maximum Gasteiger partial charge on any atom is 0.494 e. The summed E-state index contributed by atoms with van der Waals surface area (Å²) in [6.45, 7) is 7.12. The molecule has 0 radical (unpaired) electrons. The molecule has 29 heavy (non-hydrogen) atoms. The number of aliphatic hydroxyl groups is 5. The number of ether oxygens (including phenoxy) is 2. The Kier molecular flexibility index (Phi) is 5.68. The van der Waals surface area contributed by atoms with Crippen LogP contribution in [-0.2, 0) is 9.31 Å². The molecule has 3 rings (SSSR count). The van der Waals surface area contributed by atoms with Gasteiger partial charge in [-0.1, -0.05) is 6.07 Å². The highest BCUT2D eigenvalue weighted by Gasteiger charge is 2.65. The van der Waals surface area contributed by atoms with Crippen molar-refractivity contribution in [2.45, 2.75) is 63.0 Å². The Hall–Kier alpha value is -1.40. The maximum absolute atomic E-state index is 10.5. The average Bonchev–Trinajstić information content (AvgIpc) is 2.89. The summed E-state index contributed by atoms with van der Waals surface area (Å²) in [7, 11) is 0.787. The maximum atomic E-state index is 10.5. The topological polar surface area (TPSA) is 138 Å². The first kappa shape index (κ1) is 22.3. The van der Waals surface area contributed by atoms with Gasteiger partial charge in [-0.25, -0.2) is 0 Å². The van der Waals surface area contributed by atoms with Gasteiger partial charge in [0, 0.05) is 5.92 Å². The molecular weight excluding hydrogens is 383 g/mol. The molecule has 10 heteroatoms. The number of rotatable bonds is 6. The first-order chi connectivity index (χ1) is 13.4. The Bertz CT molecular complexity index is 739. The van der Waals surface area contributed by atoms with E-state index in [9.17, 15) is 25.5 Å². The fourth-order valence-corrected chi connectivity index (χ4v) is 3.57. The first-order valence-electron chi connectivity index (χ1n) is 9.46. The molecule has 162 valence electrons. The van der Waals surface area contributed by atoms with Crippen molar-refractivity contribution in [3.63, 3.8) is 0 Å². The van der Waals surface area contributed by atoms with Crippen LogP contribution in [0.25, 0.3) is 0 Å². The second-order valence-electron chi connectivity index (χ2n) is 8.58. The fourth-order valence-electron chi connectivity index (χ4n) is 3.57. The molecule has 0 amide bonds. The van der Waals surface area contributed by atoms with E-state index in [0.29, 0.717) is 5.46 Å². The van der Waals surface area contributed by atoms with Crippen molar-refractivity contribution in [1.82, 2.24) is 0 Å². The van der Waals surface area contributed by atoms with E-state index in [1.54, 1.807) is 12.1 Å². The Morgan fingerprint density at radius 3 is 2.21 bits per heavy atom. The summed E-state index contributed by atoms with van der Waals surface area (Å²) >= 11 is 0. The number of methoxy groups -OCH3 is 1. The number of aliphatic hydroxyl groups excluding tert-OH is 4. The second-order valence-corrected chi connectivity index (χ2v) is 8.58. The summed E-state index contributed by atoms with van der Waals surface area (Å²) in [6, 6.07) is 4.82. The second kappa shape index (κ2) is 7.38. The van der Waals surface area contributed by atoms with Gasteiger partial charge in [0.05, 0.1) is 31.0 Å². The van der Waals surface area contributed by atoms with Crippen molar-refractivity contribution in [3.05, 3.63) is 18.2 Å². The molecule has 5 atom stereocenters. The molecule has 5 unspecified atom stereocenters. The Morgan fingerprint density at radius 2 is 1.69 bits per heavy atom. The van der Waals surface area contributed by atoms with Gasteiger partial charge in [0.15, 0.2) is 17.1 Å². The van der Waals surface area contributed by atoms with Crippen LogP contribution in [0.3, 0.4) is 0 Å². The Labute approximate surface area is 169 Å². The highest BCUT2D eigenvalue weighted by molar-refractivity contribution is 6.62. The molecule has 1 aliphatic carbocycles. The quantitative estimate of drug-likeness (QED) is 0.287. The van der Waals surface area contributed by atoms with E-state index < -0.39 is 54.9 Å². The van der Waals surface area contributed by atoms with E-state index >= 15 is 0 Å². The van der Waals surface area contributed by atoms with Crippen molar-refractivity contribution in [1.29, 1.82) is 0 Å². The number of hydrogen-bond acceptors (Lipinski definition) is 9. The molecule has 9 nitrogen and oxygen atoms in total. The van der Waals surface area contributed by atoms with Crippen LogP contribution in [0.5, 0.6) is 11.5 Å². The molecule has 1 aliphatic heterocycles. The monoisotopic (exact) mass is 412 g/mol. The lowest BCUT2D eigenvalue weighted by Crippen LogP contribution is -2.76. The van der Waals surface area contributed by atoms with E-state index in [1.807, 2.05) is 27.7 Å². The summed E-state index contributed by atoms with van der Waals surface area (Å²) in [6.07, 6.45) is -4.93. The number of hydrogen-bond donors (Lipinski definition) is 5. The molecule has 1 saturated heterocycles. The minimum Gasteiger partial charge on any atom is -0.493 e. The van der Waals surface area contributed by atoms with Crippen LogP contribution in [0.1, 0.15) is 27.7 Å². The zero-order chi connectivity index (χ0) is 21.8. The van der Waals surface area contributed by atoms with E-state index in [2.05, 4.69) is 0 Å². The van der Waals surface area contributed by atoms with Crippen LogP contribution in [0.2, 0.25) is 0 Å². The van der Waals surface area contributed by atoms with Crippen molar-refractivity contribution in [2.24, 2.45) is 5.92 Å². The SMILES string of the molecule is COc1cc(B2OC(C)(C)C(C)(C)O2)ccc1OC(O)C1(O)C(O)C(O)C1CO. The first-order valence-corrected chi connectivity index (χ1v) is 9.46. The van der Waals surface area contributed by atoms with E-state index in [1.165, 1.54) is 13.2 Å². The Balaban J connectivity index is 1.80. The van der Waals surface area contributed by atoms with Gasteiger partial charge >= 0.3 is 7.12 Å². The van der Waals surface area contributed by atoms with Crippen molar-refractivity contribution in [2.75, 3.05) is 13.7 Å². The summed E-state index contributed by atoms with van der Waals surface area (Å²) in [5.41, 5.74) is -2.57. The van der Waals surface area contributed by atoms with Gasteiger partial charge in [0.1, 0.15) is 6.10 Å². The lowest BCUT2D eigenvalue weighted by molar-refractivity contribution is -0.332. The van der Waals surface area contributed by atoms with Crippen LogP contribution < -0.4 is 14.9 Å². The fraction of sp³-hybridized carbons (Fsp3) is 0.684. The van der Waals surface area contributed by atoms with Crippen LogP contribution in [-0.4, -0.2) is 81.7 Å². The average molecular weight is 412 g/mol. The van der Waals surface area contributed by atoms with Crippen LogP contribution in [0.15, 0.2) is 18.2 Å². The highest BCUT2D eigenvalue weighted by Crippen LogP contribution is 2.43. The van der Waals surface area contributed by atoms with Crippen molar-refractivity contribution in [3.8, 4) is 11.5 Å². The molecule has 1 aromatic rings. The number of benzene rings is 1. The third kappa shape index (κ3) is 3.42. The zero-order valence-electron chi connectivity index (χ0n) is 17.2. The van der Waals surface area contributed by atoms with E-state index in [-0.39, 0.29) is 11.5 Å². The minimum absolute atomic E-state index is 0.0963. The third-order valence-electron chi connectivity index (χ3n) is 6.35. The molecule has 0 bridgehead atoms. The van der Waals surface area contributed by atoms with E-state index in [0.717, 1.165) is 0 Å². The molecule has 1 saturated carbocycles. The van der Waals surface area contributed by atoms with Crippen molar-refractivity contribution >= 4 is 12.6 Å². The van der Waals surface area contributed by atoms with Gasteiger partial charge in [-0.2, -0.15) is 0 Å². The van der Waals surface area contributed by atoms with E-state index in [4.69, 9.17) is 18.8 Å². The highest BCUT2D eigenvalue weighted by atomic mass is 16.7. The molecule has 1 aromatic carbocycles. The molecule has 5 N–H and O–H groups in total. The third-order valence-corrected chi connectivity index (χ3v) is 6.35. The minimum atomic E-state index is -2.22. The van der Waals surface area contributed by atoms with Gasteiger partial charge in [0.25, 0.3) is 0 Å². The normalized spacial score (nSPS) is 33.9. The predicted octanol–water partition coefficient (Wildman–Crippen LogP) is -1.23. The summed E-state index contributed by atoms with van der Waals surface area (Å²) in [4.78, 5) is 0. The molecular formula is C19H29BO9. The van der Waals surface area contributed by atoms with Gasteiger partial charge in [-0.15, -0.1) is 0 Å². The predicted molar refractivity (Wildman–Crippen MR) is 103 cm³/mol. The van der Waals surface area contributed by atoms with Gasteiger partial charge in [-0.05, 0) is 45.3 Å².